The quantitative estimate of drug-likeness (QED) is 0.662. The van der Waals surface area contributed by atoms with Crippen molar-refractivity contribution in [3.8, 4) is 0 Å². The van der Waals surface area contributed by atoms with Crippen molar-refractivity contribution in [2.75, 3.05) is 19.6 Å². The van der Waals surface area contributed by atoms with Gasteiger partial charge in [-0.2, -0.15) is 0 Å². The van der Waals surface area contributed by atoms with E-state index >= 15 is 0 Å². The molecule has 1 N–H and O–H groups in total. The zero-order valence-corrected chi connectivity index (χ0v) is 11.2. The molecule has 1 unspecified atom stereocenters. The zero-order valence-electron chi connectivity index (χ0n) is 11.2. The summed E-state index contributed by atoms with van der Waals surface area (Å²) in [7, 11) is 0. The van der Waals surface area contributed by atoms with E-state index in [9.17, 15) is 4.79 Å². The summed E-state index contributed by atoms with van der Waals surface area (Å²) >= 11 is 0. The number of nitrogens with zero attached hydrogens (tertiary/aromatic N) is 1. The first-order valence-electron chi connectivity index (χ1n) is 7.98. The first-order chi connectivity index (χ1) is 8.84. The summed E-state index contributed by atoms with van der Waals surface area (Å²) in [4.78, 5) is 16.4. The summed E-state index contributed by atoms with van der Waals surface area (Å²) in [5, 5.41) is 0. The number of fused-ring (bicyclic) bond motifs is 2. The number of carbonyl (C=O) groups excluding carboxylic acids is 1. The number of quaternary nitrogens is 1. The van der Waals surface area contributed by atoms with Crippen molar-refractivity contribution in [2.24, 2.45) is 11.8 Å². The molecule has 3 nitrogen and oxygen atoms in total. The van der Waals surface area contributed by atoms with E-state index in [4.69, 9.17) is 0 Å². The molecule has 0 spiro atoms. The normalized spacial score (nSPS) is 47.4. The highest BCUT2D eigenvalue weighted by Crippen LogP contribution is 2.39. The van der Waals surface area contributed by atoms with Crippen LogP contribution >= 0.6 is 0 Å². The molecule has 4 fully saturated rings. The van der Waals surface area contributed by atoms with E-state index in [1.54, 1.807) is 0 Å². The monoisotopic (exact) mass is 249 g/mol. The molecule has 4 saturated heterocycles. The van der Waals surface area contributed by atoms with Crippen LogP contribution in [0.5, 0.6) is 0 Å². The second-order valence-corrected chi connectivity index (χ2v) is 6.90. The molecule has 18 heavy (non-hydrogen) atoms. The summed E-state index contributed by atoms with van der Waals surface area (Å²) in [6.45, 7) is 3.89. The van der Waals surface area contributed by atoms with Crippen LogP contribution in [0.1, 0.15) is 44.9 Å². The lowest BCUT2D eigenvalue weighted by molar-refractivity contribution is -0.946. The van der Waals surface area contributed by atoms with Gasteiger partial charge in [-0.25, -0.2) is 0 Å². The summed E-state index contributed by atoms with van der Waals surface area (Å²) in [5.41, 5.74) is 0. The van der Waals surface area contributed by atoms with Crippen molar-refractivity contribution >= 4 is 5.91 Å². The molecule has 100 valence electrons. The highest BCUT2D eigenvalue weighted by Gasteiger charge is 2.52. The minimum atomic E-state index is 0.461. The fourth-order valence-corrected chi connectivity index (χ4v) is 5.48. The van der Waals surface area contributed by atoms with Crippen molar-refractivity contribution in [3.05, 3.63) is 0 Å². The molecule has 4 aliphatic rings. The molecule has 0 radical (unpaired) electrons. The van der Waals surface area contributed by atoms with Crippen LogP contribution in [0.3, 0.4) is 0 Å². The number of rotatable bonds is 0. The first kappa shape index (κ1) is 11.3. The maximum atomic E-state index is 12.2. The third-order valence-corrected chi connectivity index (χ3v) is 6.09. The van der Waals surface area contributed by atoms with Gasteiger partial charge in [-0.15, -0.1) is 0 Å². The second-order valence-electron chi connectivity index (χ2n) is 6.90. The van der Waals surface area contributed by atoms with E-state index in [2.05, 4.69) is 4.90 Å². The Balaban J connectivity index is 1.66. The summed E-state index contributed by atoms with van der Waals surface area (Å²) in [6, 6.07) is 1.51. The van der Waals surface area contributed by atoms with Gasteiger partial charge in [0.1, 0.15) is 0 Å². The fourth-order valence-electron chi connectivity index (χ4n) is 5.48. The number of amides is 1. The van der Waals surface area contributed by atoms with E-state index in [1.807, 2.05) is 4.90 Å². The van der Waals surface area contributed by atoms with Crippen molar-refractivity contribution in [1.82, 2.24) is 4.90 Å². The van der Waals surface area contributed by atoms with Gasteiger partial charge in [0.15, 0.2) is 0 Å². The van der Waals surface area contributed by atoms with Crippen LogP contribution in [0.25, 0.3) is 0 Å². The summed E-state index contributed by atoms with van der Waals surface area (Å²) < 4.78 is 0. The Kier molecular flexibility index (Phi) is 2.65. The van der Waals surface area contributed by atoms with Crippen LogP contribution < -0.4 is 4.90 Å². The minimum Gasteiger partial charge on any atom is -0.339 e. The molecular weight excluding hydrogens is 224 g/mol. The van der Waals surface area contributed by atoms with Gasteiger partial charge in [-0.1, -0.05) is 0 Å². The third kappa shape index (κ3) is 1.56. The Bertz CT molecular complexity index is 354. The largest absolute Gasteiger partial charge is 0.339 e. The van der Waals surface area contributed by atoms with Gasteiger partial charge in [0.25, 0.3) is 0 Å². The lowest BCUT2D eigenvalue weighted by atomic mass is 9.68. The molecule has 4 rings (SSSR count). The Morgan fingerprint density at radius 3 is 2.78 bits per heavy atom. The molecule has 0 aromatic rings. The molecule has 0 aromatic heterocycles. The second kappa shape index (κ2) is 4.22. The standard InChI is InChI=1S/C15H24N2O/c18-14-7-1-6-13-12-5-3-9-16-8-2-4-11(15(12)16)10-17(13)14/h11-13,15H,1-10H2/p+1/t11-,12+,13+,15-/m1/s1. The molecule has 0 aromatic carbocycles. The van der Waals surface area contributed by atoms with Gasteiger partial charge < -0.3 is 9.80 Å². The molecule has 4 aliphatic heterocycles. The topological polar surface area (TPSA) is 24.8 Å². The van der Waals surface area contributed by atoms with E-state index in [1.165, 1.54) is 45.2 Å². The van der Waals surface area contributed by atoms with Crippen molar-refractivity contribution in [2.45, 2.75) is 57.0 Å². The van der Waals surface area contributed by atoms with Crippen molar-refractivity contribution in [1.29, 1.82) is 0 Å². The van der Waals surface area contributed by atoms with E-state index in [0.717, 1.165) is 37.3 Å². The number of piperidine rings is 4. The molecule has 0 aliphatic carbocycles. The van der Waals surface area contributed by atoms with Crippen LogP contribution in [-0.4, -0.2) is 42.5 Å². The van der Waals surface area contributed by atoms with Gasteiger partial charge >= 0.3 is 0 Å². The highest BCUT2D eigenvalue weighted by molar-refractivity contribution is 5.77. The van der Waals surface area contributed by atoms with Gasteiger partial charge in [-0.05, 0) is 38.5 Å². The van der Waals surface area contributed by atoms with Gasteiger partial charge in [0.05, 0.1) is 19.1 Å². The molecular formula is C15H25N2O+. The third-order valence-electron chi connectivity index (χ3n) is 6.09. The smallest absolute Gasteiger partial charge is 0.222 e. The minimum absolute atomic E-state index is 0.461. The molecule has 4 heterocycles. The average molecular weight is 249 g/mol. The fraction of sp³-hybridized carbons (Fsp3) is 0.933. The highest BCUT2D eigenvalue weighted by atomic mass is 16.2. The Morgan fingerprint density at radius 1 is 1.06 bits per heavy atom. The Morgan fingerprint density at radius 2 is 1.89 bits per heavy atom. The number of hydrogen-bond donors (Lipinski definition) is 1. The van der Waals surface area contributed by atoms with Crippen LogP contribution in [0.2, 0.25) is 0 Å². The van der Waals surface area contributed by atoms with E-state index in [-0.39, 0.29) is 0 Å². The first-order valence-corrected chi connectivity index (χ1v) is 7.98. The molecule has 3 heteroatoms. The Hall–Kier alpha value is -0.570. The molecule has 1 amide bonds. The lowest BCUT2D eigenvalue weighted by Crippen LogP contribution is -3.20. The van der Waals surface area contributed by atoms with E-state index < -0.39 is 0 Å². The Labute approximate surface area is 110 Å². The number of carbonyl (C=O) groups is 1. The predicted octanol–water partition coefficient (Wildman–Crippen LogP) is 0.455. The summed E-state index contributed by atoms with van der Waals surface area (Å²) in [6.07, 6.45) is 8.78. The van der Waals surface area contributed by atoms with Crippen LogP contribution in [0, 0.1) is 11.8 Å². The van der Waals surface area contributed by atoms with Crippen LogP contribution in [-0.2, 0) is 4.79 Å². The molecule has 0 bridgehead atoms. The predicted molar refractivity (Wildman–Crippen MR) is 69.3 cm³/mol. The number of nitrogens with one attached hydrogen (secondary N) is 1. The van der Waals surface area contributed by atoms with Crippen molar-refractivity contribution in [3.63, 3.8) is 0 Å². The number of hydrogen-bond acceptors (Lipinski definition) is 1. The van der Waals surface area contributed by atoms with Gasteiger partial charge in [-0.3, -0.25) is 4.79 Å². The SMILES string of the molecule is O=C1CCC[C@H]2[C@@H]3CCC[NH+]4CCC[C@H](CN12)[C@H]34. The molecule has 0 saturated carbocycles. The van der Waals surface area contributed by atoms with Crippen LogP contribution in [0.4, 0.5) is 0 Å². The summed E-state index contributed by atoms with van der Waals surface area (Å²) in [5.74, 6) is 2.11. The van der Waals surface area contributed by atoms with Crippen LogP contribution in [0.15, 0.2) is 0 Å². The molecule has 5 atom stereocenters. The zero-order chi connectivity index (χ0) is 12.1. The lowest BCUT2D eigenvalue weighted by Gasteiger charge is -2.56. The van der Waals surface area contributed by atoms with Gasteiger partial charge in [0, 0.05) is 30.8 Å². The average Bonchev–Trinajstić information content (AvgIpc) is 2.41. The van der Waals surface area contributed by atoms with Gasteiger partial charge in [0.2, 0.25) is 5.91 Å². The maximum Gasteiger partial charge on any atom is 0.222 e. The van der Waals surface area contributed by atoms with E-state index in [0.29, 0.717) is 11.9 Å². The maximum absolute atomic E-state index is 12.2. The van der Waals surface area contributed by atoms with Crippen molar-refractivity contribution < 1.29 is 9.69 Å².